The standard InChI is InChI=1S/C17H21NO2S/c1-4-10-20-14-9-7-6-8-13(14)18-17(19)16-11-12(3)15(5-2)21-16/h6-9,11H,4-5,10H2,1-3H3,(H,18,19). The van der Waals surface area contributed by atoms with Gasteiger partial charge in [0.15, 0.2) is 0 Å². The Hall–Kier alpha value is -1.81. The number of hydrogen-bond acceptors (Lipinski definition) is 3. The Labute approximate surface area is 130 Å². The number of carbonyl (C=O) groups is 1. The van der Waals surface area contributed by atoms with E-state index in [0.29, 0.717) is 6.61 Å². The van der Waals surface area contributed by atoms with Crippen molar-refractivity contribution >= 4 is 22.9 Å². The van der Waals surface area contributed by atoms with Gasteiger partial charge in [-0.15, -0.1) is 11.3 Å². The second kappa shape index (κ2) is 7.27. The van der Waals surface area contributed by atoms with Crippen molar-refractivity contribution in [3.63, 3.8) is 0 Å². The number of nitrogens with one attached hydrogen (secondary N) is 1. The zero-order chi connectivity index (χ0) is 15.2. The summed E-state index contributed by atoms with van der Waals surface area (Å²) >= 11 is 1.56. The summed E-state index contributed by atoms with van der Waals surface area (Å²) in [5.41, 5.74) is 1.91. The minimum absolute atomic E-state index is 0.0738. The van der Waals surface area contributed by atoms with Gasteiger partial charge in [-0.25, -0.2) is 0 Å². The van der Waals surface area contributed by atoms with Crippen LogP contribution < -0.4 is 10.1 Å². The summed E-state index contributed by atoms with van der Waals surface area (Å²) in [6.45, 7) is 6.85. The van der Waals surface area contributed by atoms with Crippen LogP contribution in [0.5, 0.6) is 5.75 Å². The maximum absolute atomic E-state index is 12.4. The van der Waals surface area contributed by atoms with Crippen LogP contribution >= 0.6 is 11.3 Å². The summed E-state index contributed by atoms with van der Waals surface area (Å²) in [6, 6.07) is 9.50. The highest BCUT2D eigenvalue weighted by molar-refractivity contribution is 7.14. The van der Waals surface area contributed by atoms with Crippen LogP contribution in [0, 0.1) is 6.92 Å². The van der Waals surface area contributed by atoms with E-state index in [1.807, 2.05) is 37.3 Å². The van der Waals surface area contributed by atoms with Gasteiger partial charge in [0, 0.05) is 4.88 Å². The number of thiophene rings is 1. The highest BCUT2D eigenvalue weighted by Gasteiger charge is 2.13. The minimum atomic E-state index is -0.0738. The number of para-hydroxylation sites is 2. The molecule has 0 unspecified atom stereocenters. The molecule has 0 saturated heterocycles. The van der Waals surface area contributed by atoms with Gasteiger partial charge in [0.2, 0.25) is 0 Å². The van der Waals surface area contributed by atoms with Gasteiger partial charge in [0.05, 0.1) is 17.2 Å². The summed E-state index contributed by atoms with van der Waals surface area (Å²) in [5.74, 6) is 0.645. The number of amides is 1. The Morgan fingerprint density at radius 2 is 2.05 bits per heavy atom. The third kappa shape index (κ3) is 3.85. The molecule has 0 bridgehead atoms. The molecule has 1 aromatic carbocycles. The molecule has 1 aromatic heterocycles. The Kier molecular flexibility index (Phi) is 5.39. The van der Waals surface area contributed by atoms with Crippen molar-refractivity contribution < 1.29 is 9.53 Å². The molecule has 0 aliphatic carbocycles. The molecule has 0 atom stereocenters. The number of hydrogen-bond donors (Lipinski definition) is 1. The molecule has 0 aliphatic heterocycles. The van der Waals surface area contributed by atoms with E-state index in [-0.39, 0.29) is 5.91 Å². The average molecular weight is 303 g/mol. The lowest BCUT2D eigenvalue weighted by Crippen LogP contribution is -2.11. The molecule has 2 rings (SSSR count). The first-order valence-electron chi connectivity index (χ1n) is 7.28. The van der Waals surface area contributed by atoms with Gasteiger partial charge in [0.25, 0.3) is 5.91 Å². The molecule has 1 amide bonds. The Morgan fingerprint density at radius 1 is 1.29 bits per heavy atom. The van der Waals surface area contributed by atoms with Crippen LogP contribution in [0.1, 0.15) is 40.4 Å². The van der Waals surface area contributed by atoms with Crippen molar-refractivity contribution in [3.8, 4) is 5.75 Å². The van der Waals surface area contributed by atoms with E-state index in [2.05, 4.69) is 19.2 Å². The molecule has 0 saturated carbocycles. The van der Waals surface area contributed by atoms with Crippen molar-refractivity contribution in [2.75, 3.05) is 11.9 Å². The van der Waals surface area contributed by atoms with E-state index in [1.54, 1.807) is 11.3 Å². The fourth-order valence-corrected chi connectivity index (χ4v) is 3.08. The number of carbonyl (C=O) groups excluding carboxylic acids is 1. The van der Waals surface area contributed by atoms with Gasteiger partial charge in [-0.1, -0.05) is 26.0 Å². The Balaban J connectivity index is 2.15. The topological polar surface area (TPSA) is 38.3 Å². The fraction of sp³-hybridized carbons (Fsp3) is 0.353. The lowest BCUT2D eigenvalue weighted by Gasteiger charge is -2.11. The maximum Gasteiger partial charge on any atom is 0.265 e. The second-order valence-electron chi connectivity index (χ2n) is 4.87. The van der Waals surface area contributed by atoms with E-state index in [4.69, 9.17) is 4.74 Å². The van der Waals surface area contributed by atoms with Crippen LogP contribution in [-0.4, -0.2) is 12.5 Å². The molecule has 0 radical (unpaired) electrons. The number of benzene rings is 1. The maximum atomic E-state index is 12.4. The van der Waals surface area contributed by atoms with Crippen molar-refractivity contribution in [1.29, 1.82) is 0 Å². The third-order valence-corrected chi connectivity index (χ3v) is 4.54. The zero-order valence-corrected chi connectivity index (χ0v) is 13.5. The quantitative estimate of drug-likeness (QED) is 0.843. The molecule has 2 aromatic rings. The molecule has 3 nitrogen and oxygen atoms in total. The fourth-order valence-electron chi connectivity index (χ4n) is 2.07. The second-order valence-corrected chi connectivity index (χ2v) is 6.01. The summed E-state index contributed by atoms with van der Waals surface area (Å²) < 4.78 is 5.66. The average Bonchev–Trinajstić information content (AvgIpc) is 2.87. The molecule has 4 heteroatoms. The molecule has 0 aliphatic rings. The molecule has 112 valence electrons. The number of anilines is 1. The van der Waals surface area contributed by atoms with Crippen LogP contribution in [0.2, 0.25) is 0 Å². The van der Waals surface area contributed by atoms with Gasteiger partial charge in [-0.3, -0.25) is 4.79 Å². The first-order chi connectivity index (χ1) is 10.2. The van der Waals surface area contributed by atoms with Gasteiger partial charge in [-0.2, -0.15) is 0 Å². The number of ether oxygens (including phenoxy) is 1. The zero-order valence-electron chi connectivity index (χ0n) is 12.7. The van der Waals surface area contributed by atoms with Crippen LogP contribution in [0.15, 0.2) is 30.3 Å². The van der Waals surface area contributed by atoms with Crippen molar-refractivity contribution in [3.05, 3.63) is 45.6 Å². The molecular formula is C17H21NO2S. The van der Waals surface area contributed by atoms with E-state index in [9.17, 15) is 4.79 Å². The summed E-state index contributed by atoms with van der Waals surface area (Å²) in [6.07, 6.45) is 1.90. The SMILES string of the molecule is CCCOc1ccccc1NC(=O)c1cc(C)c(CC)s1. The monoisotopic (exact) mass is 303 g/mol. The molecule has 1 heterocycles. The van der Waals surface area contributed by atoms with E-state index < -0.39 is 0 Å². The van der Waals surface area contributed by atoms with Crippen LogP contribution in [0.25, 0.3) is 0 Å². The van der Waals surface area contributed by atoms with Crippen LogP contribution in [0.3, 0.4) is 0 Å². The minimum Gasteiger partial charge on any atom is -0.491 e. The summed E-state index contributed by atoms with van der Waals surface area (Å²) in [4.78, 5) is 14.4. The Morgan fingerprint density at radius 3 is 2.71 bits per heavy atom. The lowest BCUT2D eigenvalue weighted by atomic mass is 10.2. The molecule has 0 fully saturated rings. The smallest absolute Gasteiger partial charge is 0.265 e. The van der Waals surface area contributed by atoms with Gasteiger partial charge in [0.1, 0.15) is 5.75 Å². The van der Waals surface area contributed by atoms with Gasteiger partial charge < -0.3 is 10.1 Å². The molecule has 21 heavy (non-hydrogen) atoms. The normalized spacial score (nSPS) is 10.4. The number of rotatable bonds is 6. The highest BCUT2D eigenvalue weighted by Crippen LogP contribution is 2.27. The third-order valence-electron chi connectivity index (χ3n) is 3.16. The van der Waals surface area contributed by atoms with Crippen molar-refractivity contribution in [2.45, 2.75) is 33.6 Å². The van der Waals surface area contributed by atoms with Crippen molar-refractivity contribution in [1.82, 2.24) is 0 Å². The Bertz CT molecular complexity index is 619. The highest BCUT2D eigenvalue weighted by atomic mass is 32.1. The van der Waals surface area contributed by atoms with E-state index in [0.717, 1.165) is 29.2 Å². The molecular weight excluding hydrogens is 282 g/mol. The molecule has 0 spiro atoms. The van der Waals surface area contributed by atoms with Gasteiger partial charge in [-0.05, 0) is 43.5 Å². The van der Waals surface area contributed by atoms with E-state index in [1.165, 1.54) is 10.4 Å². The molecule has 1 N–H and O–H groups in total. The predicted octanol–water partition coefficient (Wildman–Crippen LogP) is 4.66. The largest absolute Gasteiger partial charge is 0.491 e. The first kappa shape index (κ1) is 15.6. The summed E-state index contributed by atoms with van der Waals surface area (Å²) in [5, 5.41) is 2.95. The summed E-state index contributed by atoms with van der Waals surface area (Å²) in [7, 11) is 0. The lowest BCUT2D eigenvalue weighted by molar-refractivity contribution is 0.103. The van der Waals surface area contributed by atoms with Crippen LogP contribution in [0.4, 0.5) is 5.69 Å². The van der Waals surface area contributed by atoms with Crippen molar-refractivity contribution in [2.24, 2.45) is 0 Å². The predicted molar refractivity (Wildman–Crippen MR) is 88.6 cm³/mol. The van der Waals surface area contributed by atoms with E-state index >= 15 is 0 Å². The first-order valence-corrected chi connectivity index (χ1v) is 8.09. The number of aryl methyl sites for hydroxylation is 2. The van der Waals surface area contributed by atoms with Crippen LogP contribution in [-0.2, 0) is 6.42 Å². The van der Waals surface area contributed by atoms with Gasteiger partial charge >= 0.3 is 0 Å².